The van der Waals surface area contributed by atoms with Crippen molar-refractivity contribution < 1.29 is 9.59 Å². The standard InChI is InChI=1S/C14H20N4O2/c1-3-16-13(19)11-9-15-7-8-18(11)14(20)12-10(2)5-4-6-17-12/h4-6,11,15H,3,7-9H2,1-2H3,(H,16,19). The van der Waals surface area contributed by atoms with Crippen LogP contribution in [-0.4, -0.2) is 53.9 Å². The predicted octanol–water partition coefficient (Wildman–Crippen LogP) is -0.0599. The van der Waals surface area contributed by atoms with Crippen LogP contribution in [0.5, 0.6) is 0 Å². The maximum atomic E-state index is 12.6. The smallest absolute Gasteiger partial charge is 0.273 e. The van der Waals surface area contributed by atoms with Crippen molar-refractivity contribution in [3.63, 3.8) is 0 Å². The molecule has 2 amide bonds. The Balaban J connectivity index is 2.22. The highest BCUT2D eigenvalue weighted by atomic mass is 16.2. The third-order valence-electron chi connectivity index (χ3n) is 3.37. The molecule has 6 nitrogen and oxygen atoms in total. The van der Waals surface area contributed by atoms with Crippen LogP contribution in [0.25, 0.3) is 0 Å². The van der Waals surface area contributed by atoms with Crippen molar-refractivity contribution >= 4 is 11.8 Å². The van der Waals surface area contributed by atoms with Crippen LogP contribution in [0.2, 0.25) is 0 Å². The Morgan fingerprint density at radius 2 is 2.35 bits per heavy atom. The number of nitrogens with one attached hydrogen (secondary N) is 2. The minimum atomic E-state index is -0.474. The Hall–Kier alpha value is -1.95. The number of hydrogen-bond acceptors (Lipinski definition) is 4. The molecule has 2 N–H and O–H groups in total. The second-order valence-electron chi connectivity index (χ2n) is 4.78. The summed E-state index contributed by atoms with van der Waals surface area (Å²) >= 11 is 0. The largest absolute Gasteiger partial charge is 0.355 e. The zero-order valence-electron chi connectivity index (χ0n) is 11.8. The van der Waals surface area contributed by atoms with Crippen LogP contribution in [-0.2, 0) is 4.79 Å². The normalized spacial score (nSPS) is 18.7. The number of hydrogen-bond donors (Lipinski definition) is 2. The lowest BCUT2D eigenvalue weighted by molar-refractivity contribution is -0.126. The molecule has 0 radical (unpaired) electrons. The average Bonchev–Trinajstić information content (AvgIpc) is 2.47. The van der Waals surface area contributed by atoms with E-state index in [4.69, 9.17) is 0 Å². The van der Waals surface area contributed by atoms with Gasteiger partial charge in [-0.1, -0.05) is 6.07 Å². The molecular formula is C14H20N4O2. The number of aryl methyl sites for hydroxylation is 1. The first-order valence-electron chi connectivity index (χ1n) is 6.86. The monoisotopic (exact) mass is 276 g/mol. The Labute approximate surface area is 118 Å². The number of likely N-dealkylation sites (N-methyl/N-ethyl adjacent to an activating group) is 1. The quantitative estimate of drug-likeness (QED) is 0.811. The number of carbonyl (C=O) groups excluding carboxylic acids is 2. The second kappa shape index (κ2) is 6.47. The van der Waals surface area contributed by atoms with Crippen molar-refractivity contribution in [2.24, 2.45) is 0 Å². The molecule has 1 aromatic heterocycles. The first-order valence-corrected chi connectivity index (χ1v) is 6.86. The van der Waals surface area contributed by atoms with Crippen molar-refractivity contribution in [2.45, 2.75) is 19.9 Å². The number of carbonyl (C=O) groups is 2. The number of piperazine rings is 1. The van der Waals surface area contributed by atoms with E-state index in [2.05, 4.69) is 15.6 Å². The van der Waals surface area contributed by atoms with E-state index in [1.54, 1.807) is 17.2 Å². The molecule has 20 heavy (non-hydrogen) atoms. The Bertz CT molecular complexity index is 504. The highest BCUT2D eigenvalue weighted by Gasteiger charge is 2.33. The van der Waals surface area contributed by atoms with Crippen molar-refractivity contribution in [3.8, 4) is 0 Å². The van der Waals surface area contributed by atoms with Crippen LogP contribution in [0, 0.1) is 6.92 Å². The number of rotatable bonds is 3. The predicted molar refractivity (Wildman–Crippen MR) is 75.4 cm³/mol. The van der Waals surface area contributed by atoms with Crippen molar-refractivity contribution in [1.82, 2.24) is 20.5 Å². The number of pyridine rings is 1. The zero-order chi connectivity index (χ0) is 14.5. The Morgan fingerprint density at radius 3 is 3.05 bits per heavy atom. The van der Waals surface area contributed by atoms with E-state index in [0.717, 1.165) is 5.56 Å². The summed E-state index contributed by atoms with van der Waals surface area (Å²) in [5.41, 5.74) is 1.24. The van der Waals surface area contributed by atoms with Gasteiger partial charge in [-0.05, 0) is 25.5 Å². The lowest BCUT2D eigenvalue weighted by Gasteiger charge is -2.35. The van der Waals surface area contributed by atoms with Crippen molar-refractivity contribution in [1.29, 1.82) is 0 Å². The first kappa shape index (κ1) is 14.5. The maximum Gasteiger partial charge on any atom is 0.273 e. The van der Waals surface area contributed by atoms with E-state index in [1.807, 2.05) is 19.9 Å². The van der Waals surface area contributed by atoms with Crippen LogP contribution in [0.1, 0.15) is 23.0 Å². The average molecular weight is 276 g/mol. The molecule has 0 spiro atoms. The molecule has 1 saturated heterocycles. The molecule has 2 rings (SSSR count). The van der Waals surface area contributed by atoms with Gasteiger partial charge < -0.3 is 15.5 Å². The van der Waals surface area contributed by atoms with Gasteiger partial charge in [-0.2, -0.15) is 0 Å². The number of amides is 2. The van der Waals surface area contributed by atoms with Gasteiger partial charge in [0.1, 0.15) is 11.7 Å². The van der Waals surface area contributed by atoms with Crippen LogP contribution >= 0.6 is 0 Å². The summed E-state index contributed by atoms with van der Waals surface area (Å²) in [6.07, 6.45) is 1.60. The van der Waals surface area contributed by atoms with E-state index < -0.39 is 6.04 Å². The van der Waals surface area contributed by atoms with E-state index in [0.29, 0.717) is 31.9 Å². The zero-order valence-corrected chi connectivity index (χ0v) is 11.8. The molecule has 0 aliphatic carbocycles. The molecule has 0 bridgehead atoms. The fourth-order valence-corrected chi connectivity index (χ4v) is 2.32. The van der Waals surface area contributed by atoms with Crippen LogP contribution < -0.4 is 10.6 Å². The van der Waals surface area contributed by atoms with Gasteiger partial charge in [-0.15, -0.1) is 0 Å². The van der Waals surface area contributed by atoms with Gasteiger partial charge in [0.25, 0.3) is 5.91 Å². The summed E-state index contributed by atoms with van der Waals surface area (Å²) in [6.45, 7) is 5.94. The van der Waals surface area contributed by atoms with Gasteiger partial charge >= 0.3 is 0 Å². The fourth-order valence-electron chi connectivity index (χ4n) is 2.32. The summed E-state index contributed by atoms with van der Waals surface area (Å²) in [5.74, 6) is -0.303. The molecule has 0 saturated carbocycles. The second-order valence-corrected chi connectivity index (χ2v) is 4.78. The highest BCUT2D eigenvalue weighted by Crippen LogP contribution is 2.12. The van der Waals surface area contributed by atoms with Crippen molar-refractivity contribution in [3.05, 3.63) is 29.6 Å². The SMILES string of the molecule is CCNC(=O)C1CNCCN1C(=O)c1ncccc1C. The first-order chi connectivity index (χ1) is 9.65. The minimum absolute atomic E-state index is 0.123. The van der Waals surface area contributed by atoms with Gasteiger partial charge in [-0.25, -0.2) is 0 Å². The van der Waals surface area contributed by atoms with Gasteiger partial charge in [0.05, 0.1) is 0 Å². The molecule has 1 aliphatic rings. The summed E-state index contributed by atoms with van der Waals surface area (Å²) in [7, 11) is 0. The number of nitrogens with zero attached hydrogens (tertiary/aromatic N) is 2. The van der Waals surface area contributed by atoms with Gasteiger partial charge in [-0.3, -0.25) is 14.6 Å². The third-order valence-corrected chi connectivity index (χ3v) is 3.37. The molecule has 1 fully saturated rings. The topological polar surface area (TPSA) is 74.3 Å². The maximum absolute atomic E-state index is 12.6. The van der Waals surface area contributed by atoms with E-state index in [-0.39, 0.29) is 11.8 Å². The summed E-state index contributed by atoms with van der Waals surface area (Å²) < 4.78 is 0. The van der Waals surface area contributed by atoms with E-state index >= 15 is 0 Å². The summed E-state index contributed by atoms with van der Waals surface area (Å²) in [6, 6.07) is 3.17. The molecular weight excluding hydrogens is 256 g/mol. The van der Waals surface area contributed by atoms with Gasteiger partial charge in [0.2, 0.25) is 5.91 Å². The molecule has 108 valence electrons. The van der Waals surface area contributed by atoms with Gasteiger partial charge in [0, 0.05) is 32.4 Å². The number of aromatic nitrogens is 1. The molecule has 1 aliphatic heterocycles. The lowest BCUT2D eigenvalue weighted by Crippen LogP contribution is -2.59. The molecule has 0 aromatic carbocycles. The van der Waals surface area contributed by atoms with Crippen LogP contribution in [0.3, 0.4) is 0 Å². The Kier molecular flexibility index (Phi) is 4.68. The fraction of sp³-hybridized carbons (Fsp3) is 0.500. The van der Waals surface area contributed by atoms with Crippen LogP contribution in [0.15, 0.2) is 18.3 Å². The molecule has 2 heterocycles. The van der Waals surface area contributed by atoms with E-state index in [1.165, 1.54) is 0 Å². The minimum Gasteiger partial charge on any atom is -0.355 e. The van der Waals surface area contributed by atoms with E-state index in [9.17, 15) is 9.59 Å². The third kappa shape index (κ3) is 2.96. The highest BCUT2D eigenvalue weighted by molar-refractivity contribution is 5.97. The summed E-state index contributed by atoms with van der Waals surface area (Å²) in [5, 5.41) is 5.92. The van der Waals surface area contributed by atoms with Gasteiger partial charge in [0.15, 0.2) is 0 Å². The summed E-state index contributed by atoms with van der Waals surface area (Å²) in [4.78, 5) is 30.4. The molecule has 6 heteroatoms. The molecule has 1 aromatic rings. The van der Waals surface area contributed by atoms with Crippen molar-refractivity contribution in [2.75, 3.05) is 26.2 Å². The lowest BCUT2D eigenvalue weighted by atomic mass is 10.1. The molecule has 1 atom stereocenters. The van der Waals surface area contributed by atoms with Crippen LogP contribution in [0.4, 0.5) is 0 Å². The Morgan fingerprint density at radius 1 is 1.55 bits per heavy atom. The molecule has 1 unspecified atom stereocenters.